The molecule has 0 fully saturated rings. The second-order valence-corrected chi connectivity index (χ2v) is 9.43. The van der Waals surface area contributed by atoms with Crippen LogP contribution in [0.25, 0.3) is 0 Å². The molecule has 0 saturated heterocycles. The van der Waals surface area contributed by atoms with Crippen LogP contribution in [-0.2, 0) is 0 Å². The first kappa shape index (κ1) is 11.2. The Balaban J connectivity index is 3.26. The molecule has 0 saturated carbocycles. The van der Waals surface area contributed by atoms with E-state index in [1.807, 2.05) is 0 Å². The summed E-state index contributed by atoms with van der Waals surface area (Å²) in [6.45, 7) is 9.50. The first-order valence-corrected chi connectivity index (χ1v) is 10.1. The van der Waals surface area contributed by atoms with Crippen LogP contribution in [0.15, 0.2) is 18.2 Å². The quantitative estimate of drug-likeness (QED) is 0.521. The van der Waals surface area contributed by atoms with Crippen LogP contribution in [0.2, 0.25) is 26.2 Å². The number of hydrogen-bond acceptors (Lipinski definition) is 0. The van der Waals surface area contributed by atoms with Gasteiger partial charge in [-0.1, -0.05) is 54.8 Å². The lowest BCUT2D eigenvalue weighted by atomic mass is 10.3. The lowest BCUT2D eigenvalue weighted by Crippen LogP contribution is -2.49. The van der Waals surface area contributed by atoms with Gasteiger partial charge in [0.05, 0.1) is 17.6 Å². The molecule has 1 unspecified atom stereocenters. The van der Waals surface area contributed by atoms with Gasteiger partial charge in [-0.25, -0.2) is 0 Å². The Labute approximate surface area is 87.2 Å². The molecule has 0 spiro atoms. The maximum Gasteiger partial charge on any atom is 0.0798 e. The summed E-state index contributed by atoms with van der Waals surface area (Å²) >= 11 is 0. The van der Waals surface area contributed by atoms with Gasteiger partial charge < -0.3 is 0 Å². The second kappa shape index (κ2) is 4.54. The molecule has 3 heteroatoms. The molecule has 0 bridgehead atoms. The van der Waals surface area contributed by atoms with Crippen LogP contribution in [0.4, 0.5) is 0 Å². The summed E-state index contributed by atoms with van der Waals surface area (Å²) < 4.78 is 0. The molecule has 1 aromatic carbocycles. The van der Waals surface area contributed by atoms with Crippen LogP contribution in [0.5, 0.6) is 0 Å². The van der Waals surface area contributed by atoms with Crippen molar-refractivity contribution in [2.24, 2.45) is 0 Å². The van der Waals surface area contributed by atoms with Crippen molar-refractivity contribution in [1.82, 2.24) is 0 Å². The zero-order valence-electron chi connectivity index (χ0n) is 8.81. The summed E-state index contributed by atoms with van der Waals surface area (Å²) in [5, 5.41) is 4.70. The highest BCUT2D eigenvalue weighted by molar-refractivity contribution is 7.29. The standard InChI is InChI=1S/C10H17PSi2/c1-12(2)9-7-5-6-8(11)10(9)13(3)4/h5-7H,11H2,1-4H3. The minimum atomic E-state index is -0.312. The SMILES string of the molecule is C[Si](C)c1cccc(P)c1[Si](C)C. The molecule has 0 heterocycles. The Morgan fingerprint density at radius 2 is 1.62 bits per heavy atom. The zero-order chi connectivity index (χ0) is 10.0. The van der Waals surface area contributed by atoms with Crippen LogP contribution >= 0.6 is 9.24 Å². The second-order valence-electron chi connectivity index (χ2n) is 3.77. The molecule has 1 rings (SSSR count). The average molecular weight is 224 g/mol. The van der Waals surface area contributed by atoms with E-state index in [1.54, 1.807) is 10.4 Å². The van der Waals surface area contributed by atoms with Crippen LogP contribution < -0.4 is 15.7 Å². The fraction of sp³-hybridized carbons (Fsp3) is 0.400. The van der Waals surface area contributed by atoms with Crippen molar-refractivity contribution in [2.75, 3.05) is 0 Å². The Morgan fingerprint density at radius 1 is 1.00 bits per heavy atom. The van der Waals surface area contributed by atoms with Crippen molar-refractivity contribution in [3.05, 3.63) is 18.2 Å². The van der Waals surface area contributed by atoms with Gasteiger partial charge in [-0.2, -0.15) is 0 Å². The van der Waals surface area contributed by atoms with E-state index in [4.69, 9.17) is 0 Å². The fourth-order valence-electron chi connectivity index (χ4n) is 1.54. The molecular weight excluding hydrogens is 207 g/mol. The normalized spacial score (nSPS) is 11.3. The van der Waals surface area contributed by atoms with E-state index in [-0.39, 0.29) is 17.6 Å². The molecule has 2 radical (unpaired) electrons. The predicted molar refractivity (Wildman–Crippen MR) is 70.0 cm³/mol. The van der Waals surface area contributed by atoms with E-state index in [1.165, 1.54) is 5.30 Å². The third kappa shape index (κ3) is 2.52. The highest BCUT2D eigenvalue weighted by Crippen LogP contribution is 1.92. The lowest BCUT2D eigenvalue weighted by molar-refractivity contribution is 1.81. The molecule has 0 aliphatic rings. The maximum atomic E-state index is 2.88. The molecule has 0 aliphatic heterocycles. The lowest BCUT2D eigenvalue weighted by Gasteiger charge is -2.16. The van der Waals surface area contributed by atoms with Crippen molar-refractivity contribution in [1.29, 1.82) is 0 Å². The zero-order valence-corrected chi connectivity index (χ0v) is 12.0. The Kier molecular flexibility index (Phi) is 3.90. The van der Waals surface area contributed by atoms with Crippen molar-refractivity contribution >= 4 is 42.5 Å². The third-order valence-electron chi connectivity index (χ3n) is 2.14. The number of hydrogen-bond donors (Lipinski definition) is 0. The Hall–Kier alpha value is 0.0838. The summed E-state index contributed by atoms with van der Waals surface area (Å²) in [7, 11) is 2.27. The van der Waals surface area contributed by atoms with Gasteiger partial charge in [0.1, 0.15) is 0 Å². The van der Waals surface area contributed by atoms with Crippen molar-refractivity contribution in [3.8, 4) is 0 Å². The van der Waals surface area contributed by atoms with Crippen molar-refractivity contribution in [2.45, 2.75) is 26.2 Å². The highest BCUT2D eigenvalue weighted by atomic mass is 31.0. The maximum absolute atomic E-state index is 2.88. The number of benzene rings is 1. The van der Waals surface area contributed by atoms with Gasteiger partial charge in [0.15, 0.2) is 0 Å². The topological polar surface area (TPSA) is 0 Å². The largest absolute Gasteiger partial charge is 0.106 e. The molecular formula is C10H17PSi2. The van der Waals surface area contributed by atoms with Gasteiger partial charge >= 0.3 is 0 Å². The van der Waals surface area contributed by atoms with Gasteiger partial charge in [0.2, 0.25) is 0 Å². The summed E-state index contributed by atoms with van der Waals surface area (Å²) in [6.07, 6.45) is 0. The Morgan fingerprint density at radius 3 is 2.00 bits per heavy atom. The summed E-state index contributed by atoms with van der Waals surface area (Å²) in [4.78, 5) is 0. The molecule has 1 aromatic rings. The van der Waals surface area contributed by atoms with Crippen LogP contribution in [0, 0.1) is 0 Å². The van der Waals surface area contributed by atoms with Gasteiger partial charge in [0.25, 0.3) is 0 Å². The van der Waals surface area contributed by atoms with Crippen molar-refractivity contribution in [3.63, 3.8) is 0 Å². The molecule has 0 nitrogen and oxygen atoms in total. The van der Waals surface area contributed by atoms with E-state index >= 15 is 0 Å². The monoisotopic (exact) mass is 224 g/mol. The molecule has 70 valence electrons. The smallest absolute Gasteiger partial charge is 0.0798 e. The van der Waals surface area contributed by atoms with Crippen LogP contribution in [-0.4, -0.2) is 17.6 Å². The summed E-state index contributed by atoms with van der Waals surface area (Å²) in [5.74, 6) is 0. The van der Waals surface area contributed by atoms with Crippen LogP contribution in [0.1, 0.15) is 0 Å². The fourth-order valence-corrected chi connectivity index (χ4v) is 6.68. The first-order chi connectivity index (χ1) is 6.04. The minimum absolute atomic E-state index is 0.297. The molecule has 13 heavy (non-hydrogen) atoms. The van der Waals surface area contributed by atoms with E-state index in [0.717, 1.165) is 0 Å². The molecule has 0 aliphatic carbocycles. The van der Waals surface area contributed by atoms with Crippen LogP contribution in [0.3, 0.4) is 0 Å². The summed E-state index contributed by atoms with van der Waals surface area (Å²) in [6, 6.07) is 6.71. The molecule has 0 aromatic heterocycles. The van der Waals surface area contributed by atoms with Gasteiger partial charge in [-0.05, 0) is 5.30 Å². The van der Waals surface area contributed by atoms with Gasteiger partial charge in [-0.3, -0.25) is 0 Å². The number of rotatable bonds is 2. The van der Waals surface area contributed by atoms with Gasteiger partial charge in [-0.15, -0.1) is 9.24 Å². The van der Waals surface area contributed by atoms with Gasteiger partial charge in [0, 0.05) is 0 Å². The Bertz CT molecular complexity index is 295. The molecule has 0 amide bonds. The minimum Gasteiger partial charge on any atom is -0.106 e. The third-order valence-corrected chi connectivity index (χ3v) is 6.21. The first-order valence-electron chi connectivity index (χ1n) is 4.53. The van der Waals surface area contributed by atoms with E-state index in [9.17, 15) is 0 Å². The average Bonchev–Trinajstić information content (AvgIpc) is 2.02. The molecule has 0 N–H and O–H groups in total. The van der Waals surface area contributed by atoms with Crippen molar-refractivity contribution < 1.29 is 0 Å². The highest BCUT2D eigenvalue weighted by Gasteiger charge is 2.13. The van der Waals surface area contributed by atoms with E-state index in [0.29, 0.717) is 0 Å². The summed E-state index contributed by atoms with van der Waals surface area (Å²) in [5.41, 5.74) is 0. The van der Waals surface area contributed by atoms with E-state index in [2.05, 4.69) is 53.6 Å². The molecule has 1 atom stereocenters. The van der Waals surface area contributed by atoms with E-state index < -0.39 is 0 Å². The predicted octanol–water partition coefficient (Wildman–Crippen LogP) is 1.11.